The predicted molar refractivity (Wildman–Crippen MR) is 73.5 cm³/mol. The Balaban J connectivity index is 2.10. The summed E-state index contributed by atoms with van der Waals surface area (Å²) in [6.45, 7) is 1.60. The minimum atomic E-state index is -0.115. The van der Waals surface area contributed by atoms with Crippen LogP contribution < -0.4 is 11.1 Å². The quantitative estimate of drug-likeness (QED) is 0.786. The van der Waals surface area contributed by atoms with E-state index in [0.717, 1.165) is 25.9 Å². The molecule has 0 bridgehead atoms. The molecule has 3 N–H and O–H groups in total. The van der Waals surface area contributed by atoms with Gasteiger partial charge in [0.25, 0.3) is 0 Å². The van der Waals surface area contributed by atoms with Gasteiger partial charge in [0.2, 0.25) is 0 Å². The minimum Gasteiger partial charge on any atom is -0.389 e. The number of thiocarbonyl (C=S) groups is 1. The average Bonchev–Trinajstić information content (AvgIpc) is 2.72. The first-order valence-corrected chi connectivity index (χ1v) is 6.38. The van der Waals surface area contributed by atoms with E-state index in [1.807, 2.05) is 0 Å². The second kappa shape index (κ2) is 5.34. The van der Waals surface area contributed by atoms with E-state index in [9.17, 15) is 4.79 Å². The third-order valence-electron chi connectivity index (χ3n) is 3.07. The van der Waals surface area contributed by atoms with Crippen LogP contribution in [0.1, 0.15) is 24.8 Å². The number of nitrogens with two attached hydrogens (primary N) is 1. The minimum absolute atomic E-state index is 0.115. The number of nitrogens with one attached hydrogen (secondary N) is 1. The van der Waals surface area contributed by atoms with Crippen LogP contribution in [0.4, 0.5) is 10.6 Å². The number of nitrogens with zero attached hydrogens (tertiary/aromatic N) is 3. The van der Waals surface area contributed by atoms with Gasteiger partial charge >= 0.3 is 6.03 Å². The van der Waals surface area contributed by atoms with Crippen LogP contribution >= 0.6 is 12.2 Å². The first kappa shape index (κ1) is 12.8. The highest BCUT2D eigenvalue weighted by atomic mass is 32.1. The van der Waals surface area contributed by atoms with E-state index in [0.29, 0.717) is 11.4 Å². The molecule has 1 aliphatic heterocycles. The maximum Gasteiger partial charge on any atom is 0.323 e. The number of rotatable bonds is 2. The van der Waals surface area contributed by atoms with E-state index in [-0.39, 0.29) is 11.0 Å². The molecule has 1 aromatic rings. The summed E-state index contributed by atoms with van der Waals surface area (Å²) in [7, 11) is 1.74. The van der Waals surface area contributed by atoms with Crippen molar-refractivity contribution in [3.05, 3.63) is 11.8 Å². The van der Waals surface area contributed by atoms with Gasteiger partial charge in [-0.15, -0.1) is 0 Å². The molecule has 18 heavy (non-hydrogen) atoms. The van der Waals surface area contributed by atoms with Gasteiger partial charge in [0.15, 0.2) is 0 Å². The molecule has 0 saturated carbocycles. The maximum atomic E-state index is 12.1. The number of hydrogen-bond donors (Lipinski definition) is 2. The molecule has 0 unspecified atom stereocenters. The van der Waals surface area contributed by atoms with Gasteiger partial charge in [-0.05, 0) is 19.3 Å². The van der Waals surface area contributed by atoms with Gasteiger partial charge in [-0.2, -0.15) is 5.10 Å². The Morgan fingerprint density at radius 1 is 1.44 bits per heavy atom. The van der Waals surface area contributed by atoms with Crippen molar-refractivity contribution in [3.8, 4) is 0 Å². The second-order valence-corrected chi connectivity index (χ2v) is 4.81. The van der Waals surface area contributed by atoms with Gasteiger partial charge < -0.3 is 10.6 Å². The van der Waals surface area contributed by atoms with Crippen LogP contribution in [0.2, 0.25) is 0 Å². The van der Waals surface area contributed by atoms with Crippen LogP contribution in [-0.2, 0) is 7.05 Å². The highest BCUT2D eigenvalue weighted by Crippen LogP contribution is 2.16. The van der Waals surface area contributed by atoms with Gasteiger partial charge in [-0.3, -0.25) is 10.00 Å². The van der Waals surface area contributed by atoms with Crippen molar-refractivity contribution in [2.75, 3.05) is 18.4 Å². The zero-order valence-electron chi connectivity index (χ0n) is 10.3. The van der Waals surface area contributed by atoms with Crippen LogP contribution in [0.25, 0.3) is 0 Å². The molecule has 1 aromatic heterocycles. The highest BCUT2D eigenvalue weighted by Gasteiger charge is 2.19. The van der Waals surface area contributed by atoms with Crippen LogP contribution in [0, 0.1) is 0 Å². The molecule has 1 fully saturated rings. The van der Waals surface area contributed by atoms with Gasteiger partial charge in [0, 0.05) is 20.1 Å². The lowest BCUT2D eigenvalue weighted by Crippen LogP contribution is -2.39. The summed E-state index contributed by atoms with van der Waals surface area (Å²) in [6.07, 6.45) is 4.86. The van der Waals surface area contributed by atoms with Crippen molar-refractivity contribution in [3.63, 3.8) is 0 Å². The standard InChI is InChI=1S/C11H17N5OS/c1-15-10(8(7-13-15)9(12)18)14-11(17)16-5-3-2-4-6-16/h7H,2-6H2,1H3,(H2,12,18)(H,14,17). The first-order chi connectivity index (χ1) is 8.59. The van der Waals surface area contributed by atoms with E-state index in [1.165, 1.54) is 6.42 Å². The number of urea groups is 1. The lowest BCUT2D eigenvalue weighted by atomic mass is 10.1. The van der Waals surface area contributed by atoms with Crippen molar-refractivity contribution >= 4 is 29.1 Å². The molecule has 98 valence electrons. The molecule has 7 heteroatoms. The van der Waals surface area contributed by atoms with Crippen LogP contribution in [0.3, 0.4) is 0 Å². The molecule has 0 spiro atoms. The molecule has 0 radical (unpaired) electrons. The molecule has 2 rings (SSSR count). The average molecular weight is 267 g/mol. The van der Waals surface area contributed by atoms with Crippen molar-refractivity contribution in [1.82, 2.24) is 14.7 Å². The number of anilines is 1. The molecule has 6 nitrogen and oxygen atoms in total. The molecule has 2 heterocycles. The monoisotopic (exact) mass is 267 g/mol. The van der Waals surface area contributed by atoms with Crippen molar-refractivity contribution in [2.45, 2.75) is 19.3 Å². The number of likely N-dealkylation sites (tertiary alicyclic amines) is 1. The highest BCUT2D eigenvalue weighted by molar-refractivity contribution is 7.80. The number of aryl methyl sites for hydroxylation is 1. The topological polar surface area (TPSA) is 76.2 Å². The number of piperidine rings is 1. The zero-order chi connectivity index (χ0) is 13.1. The van der Waals surface area contributed by atoms with Gasteiger partial charge in [0.05, 0.1) is 11.8 Å². The lowest BCUT2D eigenvalue weighted by Gasteiger charge is -2.26. The molecule has 0 aliphatic carbocycles. The number of carbonyl (C=O) groups excluding carboxylic acids is 1. The molecule has 1 saturated heterocycles. The van der Waals surface area contributed by atoms with Gasteiger partial charge in [-0.1, -0.05) is 12.2 Å². The summed E-state index contributed by atoms with van der Waals surface area (Å²) in [4.78, 5) is 14.1. The normalized spacial score (nSPS) is 15.5. The number of hydrogen-bond acceptors (Lipinski definition) is 3. The molecule has 1 aliphatic rings. The Morgan fingerprint density at radius 3 is 2.72 bits per heavy atom. The Morgan fingerprint density at radius 2 is 2.11 bits per heavy atom. The van der Waals surface area contributed by atoms with E-state index in [4.69, 9.17) is 18.0 Å². The SMILES string of the molecule is Cn1ncc(C(N)=S)c1NC(=O)N1CCCCC1. The fourth-order valence-electron chi connectivity index (χ4n) is 2.04. The Bertz CT molecular complexity index is 464. The lowest BCUT2D eigenvalue weighted by molar-refractivity contribution is 0.200. The number of carbonyl (C=O) groups is 1. The smallest absolute Gasteiger partial charge is 0.323 e. The summed E-state index contributed by atoms with van der Waals surface area (Å²) in [5, 5.41) is 6.88. The van der Waals surface area contributed by atoms with Crippen LogP contribution in [0.15, 0.2) is 6.20 Å². The number of aromatic nitrogens is 2. The fourth-order valence-corrected chi connectivity index (χ4v) is 2.19. The largest absolute Gasteiger partial charge is 0.389 e. The predicted octanol–water partition coefficient (Wildman–Crippen LogP) is 1.07. The summed E-state index contributed by atoms with van der Waals surface area (Å²) in [5.41, 5.74) is 6.19. The second-order valence-electron chi connectivity index (χ2n) is 4.37. The van der Waals surface area contributed by atoms with Crippen molar-refractivity contribution < 1.29 is 4.79 Å². The molecule has 0 aromatic carbocycles. The molecular weight excluding hydrogens is 250 g/mol. The summed E-state index contributed by atoms with van der Waals surface area (Å²) >= 11 is 4.93. The Labute approximate surface area is 111 Å². The van der Waals surface area contributed by atoms with E-state index < -0.39 is 0 Å². The van der Waals surface area contributed by atoms with Crippen molar-refractivity contribution in [2.24, 2.45) is 12.8 Å². The van der Waals surface area contributed by atoms with E-state index >= 15 is 0 Å². The maximum absolute atomic E-state index is 12.1. The molecular formula is C11H17N5OS. The first-order valence-electron chi connectivity index (χ1n) is 5.97. The third-order valence-corrected chi connectivity index (χ3v) is 3.29. The van der Waals surface area contributed by atoms with Gasteiger partial charge in [0.1, 0.15) is 10.8 Å². The van der Waals surface area contributed by atoms with Crippen LogP contribution in [-0.4, -0.2) is 38.8 Å². The Hall–Kier alpha value is -1.63. The third kappa shape index (κ3) is 2.61. The Kier molecular flexibility index (Phi) is 3.81. The summed E-state index contributed by atoms with van der Waals surface area (Å²) < 4.78 is 1.57. The van der Waals surface area contributed by atoms with Gasteiger partial charge in [-0.25, -0.2) is 4.79 Å². The molecule has 0 atom stereocenters. The summed E-state index contributed by atoms with van der Waals surface area (Å²) in [6, 6.07) is -0.115. The van der Waals surface area contributed by atoms with E-state index in [2.05, 4.69) is 10.4 Å². The molecule has 2 amide bonds. The zero-order valence-corrected chi connectivity index (χ0v) is 11.2. The number of amides is 2. The van der Waals surface area contributed by atoms with E-state index in [1.54, 1.807) is 22.8 Å². The summed E-state index contributed by atoms with van der Waals surface area (Å²) in [5.74, 6) is 0.554. The fraction of sp³-hybridized carbons (Fsp3) is 0.545. The van der Waals surface area contributed by atoms with Crippen molar-refractivity contribution in [1.29, 1.82) is 0 Å². The van der Waals surface area contributed by atoms with Crippen LogP contribution in [0.5, 0.6) is 0 Å².